The molecule has 19 heavy (non-hydrogen) atoms. The fourth-order valence-electron chi connectivity index (χ4n) is 1.44. The number of ether oxygens (including phenoxy) is 1. The van der Waals surface area contributed by atoms with Crippen molar-refractivity contribution >= 4 is 16.7 Å². The van der Waals surface area contributed by atoms with Crippen LogP contribution in [0.1, 0.15) is 38.8 Å². The maximum atomic E-state index is 12.0. The van der Waals surface area contributed by atoms with Crippen molar-refractivity contribution in [2.45, 2.75) is 32.4 Å². The summed E-state index contributed by atoms with van der Waals surface area (Å²) in [6, 6.07) is 7.31. The van der Waals surface area contributed by atoms with E-state index in [1.807, 2.05) is 20.8 Å². The van der Waals surface area contributed by atoms with Gasteiger partial charge in [0.15, 0.2) is 0 Å². The number of hydrogen-bond donors (Lipinski definition) is 0. The topological polar surface area (TPSA) is 62.4 Å². The molecule has 0 aromatic heterocycles. The van der Waals surface area contributed by atoms with Gasteiger partial charge in [0.05, 0.1) is 23.1 Å². The van der Waals surface area contributed by atoms with Crippen molar-refractivity contribution in [3.8, 4) is 11.8 Å². The Morgan fingerprint density at radius 1 is 1.42 bits per heavy atom. The molecule has 1 aromatic rings. The fraction of sp³-hybridized carbons (Fsp3) is 0.429. The standard InChI is InChI=1S/C14H18N2O2S/c1-10(16-19(17)14(2,3)4)12-8-6-7-11(9-15)13(12)18-5/h6-8H,1-5H3/b16-10-/t19-/m0/s1. The number of benzene rings is 1. The van der Waals surface area contributed by atoms with E-state index in [9.17, 15) is 4.21 Å². The first-order chi connectivity index (χ1) is 8.81. The molecule has 0 saturated heterocycles. The van der Waals surface area contributed by atoms with Crippen molar-refractivity contribution in [3.05, 3.63) is 29.3 Å². The molecule has 0 heterocycles. The van der Waals surface area contributed by atoms with Crippen molar-refractivity contribution in [2.24, 2.45) is 4.40 Å². The minimum absolute atomic E-state index is 0.415. The average Bonchev–Trinajstić information content (AvgIpc) is 2.36. The van der Waals surface area contributed by atoms with Crippen molar-refractivity contribution in [2.75, 3.05) is 7.11 Å². The molecule has 102 valence electrons. The first-order valence-corrected chi connectivity index (χ1v) is 6.96. The molecule has 0 radical (unpaired) electrons. The molecule has 0 saturated carbocycles. The number of nitrogens with zero attached hydrogens (tertiary/aromatic N) is 2. The van der Waals surface area contributed by atoms with E-state index in [4.69, 9.17) is 10.00 Å². The van der Waals surface area contributed by atoms with Gasteiger partial charge in [-0.05, 0) is 39.8 Å². The minimum Gasteiger partial charge on any atom is -0.495 e. The van der Waals surface area contributed by atoms with Crippen molar-refractivity contribution in [1.82, 2.24) is 0 Å². The van der Waals surface area contributed by atoms with E-state index in [0.29, 0.717) is 22.6 Å². The van der Waals surface area contributed by atoms with Gasteiger partial charge in [0.1, 0.15) is 22.8 Å². The van der Waals surface area contributed by atoms with Crippen LogP contribution < -0.4 is 4.74 Å². The van der Waals surface area contributed by atoms with Crippen molar-refractivity contribution < 1.29 is 8.95 Å². The molecule has 0 spiro atoms. The molecule has 1 aromatic carbocycles. The zero-order chi connectivity index (χ0) is 14.6. The van der Waals surface area contributed by atoms with Crippen LogP contribution in [-0.2, 0) is 11.0 Å². The highest BCUT2D eigenvalue weighted by molar-refractivity contribution is 7.85. The first kappa shape index (κ1) is 15.4. The number of rotatable bonds is 3. The van der Waals surface area contributed by atoms with Crippen LogP contribution >= 0.6 is 0 Å². The molecular weight excluding hydrogens is 260 g/mol. The molecule has 0 N–H and O–H groups in total. The van der Waals surface area contributed by atoms with Gasteiger partial charge in [0.2, 0.25) is 0 Å². The maximum Gasteiger partial charge on any atom is 0.145 e. The van der Waals surface area contributed by atoms with Gasteiger partial charge in [-0.2, -0.15) is 9.66 Å². The molecule has 0 amide bonds. The van der Waals surface area contributed by atoms with Crippen LogP contribution in [0.4, 0.5) is 0 Å². The van der Waals surface area contributed by atoms with E-state index in [-0.39, 0.29) is 0 Å². The molecule has 4 nitrogen and oxygen atoms in total. The average molecular weight is 278 g/mol. The summed E-state index contributed by atoms with van der Waals surface area (Å²) >= 11 is 0. The lowest BCUT2D eigenvalue weighted by atomic mass is 10.1. The fourth-order valence-corrected chi connectivity index (χ4v) is 2.06. The zero-order valence-corrected chi connectivity index (χ0v) is 12.7. The Labute approximate surface area is 116 Å². The van der Waals surface area contributed by atoms with Crippen LogP contribution in [0.3, 0.4) is 0 Å². The van der Waals surface area contributed by atoms with E-state index < -0.39 is 15.7 Å². The lowest BCUT2D eigenvalue weighted by molar-refractivity contribution is 0.412. The molecule has 5 heteroatoms. The van der Waals surface area contributed by atoms with Gasteiger partial charge in [-0.3, -0.25) is 0 Å². The summed E-state index contributed by atoms with van der Waals surface area (Å²) in [7, 11) is 0.170. The van der Waals surface area contributed by atoms with Gasteiger partial charge < -0.3 is 4.74 Å². The van der Waals surface area contributed by atoms with Crippen LogP contribution in [0.25, 0.3) is 0 Å². The quantitative estimate of drug-likeness (QED) is 0.799. The predicted octanol–water partition coefficient (Wildman–Crippen LogP) is 2.84. The van der Waals surface area contributed by atoms with E-state index in [0.717, 1.165) is 0 Å². The Kier molecular flexibility index (Phi) is 4.84. The third-order valence-electron chi connectivity index (χ3n) is 2.47. The monoisotopic (exact) mass is 278 g/mol. The van der Waals surface area contributed by atoms with Gasteiger partial charge in [-0.15, -0.1) is 0 Å². The van der Waals surface area contributed by atoms with Gasteiger partial charge in [-0.1, -0.05) is 6.07 Å². The van der Waals surface area contributed by atoms with E-state index in [2.05, 4.69) is 10.5 Å². The summed E-state index contributed by atoms with van der Waals surface area (Å²) in [6.07, 6.45) is 0. The summed E-state index contributed by atoms with van der Waals surface area (Å²) in [5, 5.41) is 9.04. The van der Waals surface area contributed by atoms with E-state index in [1.165, 1.54) is 7.11 Å². The second kappa shape index (κ2) is 5.98. The third-order valence-corrected chi connectivity index (χ3v) is 3.96. The Balaban J connectivity index is 3.28. The molecular formula is C14H18N2O2S. The number of para-hydroxylation sites is 1. The predicted molar refractivity (Wildman–Crippen MR) is 77.8 cm³/mol. The summed E-state index contributed by atoms with van der Waals surface area (Å²) in [4.78, 5) is 0. The van der Waals surface area contributed by atoms with E-state index in [1.54, 1.807) is 25.1 Å². The number of methoxy groups -OCH3 is 1. The summed E-state index contributed by atoms with van der Waals surface area (Å²) in [5.74, 6) is 0.470. The summed E-state index contributed by atoms with van der Waals surface area (Å²) in [6.45, 7) is 7.36. The molecule has 0 aliphatic carbocycles. The lowest BCUT2D eigenvalue weighted by Gasteiger charge is -2.15. The maximum absolute atomic E-state index is 12.0. The third kappa shape index (κ3) is 3.65. The highest BCUT2D eigenvalue weighted by Gasteiger charge is 2.20. The Hall–Kier alpha value is -1.67. The van der Waals surface area contributed by atoms with Gasteiger partial charge in [-0.25, -0.2) is 4.21 Å². The molecule has 0 aliphatic rings. The molecule has 1 atom stereocenters. The lowest BCUT2D eigenvalue weighted by Crippen LogP contribution is -2.20. The van der Waals surface area contributed by atoms with Crippen LogP contribution in [0.15, 0.2) is 22.6 Å². The zero-order valence-electron chi connectivity index (χ0n) is 11.9. The Bertz CT molecular complexity index is 566. The van der Waals surface area contributed by atoms with Gasteiger partial charge in [0, 0.05) is 5.56 Å². The van der Waals surface area contributed by atoms with Gasteiger partial charge in [0.25, 0.3) is 0 Å². The largest absolute Gasteiger partial charge is 0.495 e. The van der Waals surface area contributed by atoms with Crippen LogP contribution in [0.5, 0.6) is 5.75 Å². The normalized spacial score (nSPS) is 13.8. The second-order valence-corrected chi connectivity index (χ2v) is 6.94. The molecule has 0 bridgehead atoms. The number of hydrogen-bond acceptors (Lipinski definition) is 3. The Morgan fingerprint density at radius 2 is 2.05 bits per heavy atom. The summed E-state index contributed by atoms with van der Waals surface area (Å²) in [5.41, 5.74) is 1.73. The minimum atomic E-state index is -1.34. The number of nitriles is 1. The summed E-state index contributed by atoms with van der Waals surface area (Å²) < 4.78 is 21.1. The highest BCUT2D eigenvalue weighted by atomic mass is 32.2. The molecule has 1 rings (SSSR count). The van der Waals surface area contributed by atoms with Crippen LogP contribution in [0.2, 0.25) is 0 Å². The second-order valence-electron chi connectivity index (χ2n) is 5.04. The molecule has 0 fully saturated rings. The van der Waals surface area contributed by atoms with Gasteiger partial charge >= 0.3 is 0 Å². The van der Waals surface area contributed by atoms with Crippen LogP contribution in [-0.4, -0.2) is 21.8 Å². The van der Waals surface area contributed by atoms with Crippen molar-refractivity contribution in [1.29, 1.82) is 5.26 Å². The van der Waals surface area contributed by atoms with Crippen molar-refractivity contribution in [3.63, 3.8) is 0 Å². The molecule has 0 unspecified atom stereocenters. The Morgan fingerprint density at radius 3 is 2.53 bits per heavy atom. The van der Waals surface area contributed by atoms with E-state index >= 15 is 0 Å². The smallest absolute Gasteiger partial charge is 0.145 e. The first-order valence-electron chi connectivity index (χ1n) is 5.86. The SMILES string of the molecule is COc1c(C#N)cccc1/C(C)=N\[S@@](=O)C(C)(C)C. The highest BCUT2D eigenvalue weighted by Crippen LogP contribution is 2.24. The molecule has 0 aliphatic heterocycles. The van der Waals surface area contributed by atoms with Crippen LogP contribution in [0, 0.1) is 11.3 Å².